The molecule has 0 spiro atoms. The summed E-state index contributed by atoms with van der Waals surface area (Å²) < 4.78 is 32.0. The maximum atomic E-state index is 12.6. The molecule has 0 saturated carbocycles. The van der Waals surface area contributed by atoms with Crippen LogP contribution in [0.1, 0.15) is 18.9 Å². The standard InChI is InChI=1S/C14H22N2O3S/c1-12-11-19-10-9-16(12)20(17,18)14-6-4-13(5-7-14)3-2-8-15/h4-7,12H,2-3,8-11,15H2,1H3. The van der Waals surface area contributed by atoms with E-state index in [1.807, 2.05) is 19.1 Å². The van der Waals surface area contributed by atoms with Gasteiger partial charge in [-0.1, -0.05) is 12.1 Å². The molecular formula is C14H22N2O3S. The zero-order chi connectivity index (χ0) is 14.6. The molecular weight excluding hydrogens is 276 g/mol. The predicted molar refractivity (Wildman–Crippen MR) is 78.0 cm³/mol. The first-order valence-electron chi connectivity index (χ1n) is 6.94. The first-order chi connectivity index (χ1) is 9.55. The van der Waals surface area contributed by atoms with Gasteiger partial charge in [-0.25, -0.2) is 8.42 Å². The summed E-state index contributed by atoms with van der Waals surface area (Å²) >= 11 is 0. The van der Waals surface area contributed by atoms with Gasteiger partial charge in [-0.15, -0.1) is 0 Å². The Kier molecular flexibility index (Phi) is 5.15. The van der Waals surface area contributed by atoms with Gasteiger partial charge in [0.15, 0.2) is 0 Å². The summed E-state index contributed by atoms with van der Waals surface area (Å²) in [6.07, 6.45) is 1.79. The van der Waals surface area contributed by atoms with Crippen LogP contribution in [-0.4, -0.2) is 45.1 Å². The quantitative estimate of drug-likeness (QED) is 0.880. The minimum atomic E-state index is -3.42. The van der Waals surface area contributed by atoms with Gasteiger partial charge in [0.25, 0.3) is 0 Å². The molecule has 1 aliphatic rings. The third kappa shape index (κ3) is 3.38. The molecule has 5 nitrogen and oxygen atoms in total. The number of hydrogen-bond acceptors (Lipinski definition) is 4. The van der Waals surface area contributed by atoms with Crippen LogP contribution < -0.4 is 5.73 Å². The second-order valence-corrected chi connectivity index (χ2v) is 6.97. The molecule has 1 saturated heterocycles. The zero-order valence-electron chi connectivity index (χ0n) is 11.8. The van der Waals surface area contributed by atoms with Crippen molar-refractivity contribution in [1.29, 1.82) is 0 Å². The van der Waals surface area contributed by atoms with Gasteiger partial charge in [-0.05, 0) is 44.0 Å². The molecule has 0 amide bonds. The lowest BCUT2D eigenvalue weighted by atomic mass is 10.1. The molecule has 1 aromatic rings. The lowest BCUT2D eigenvalue weighted by Crippen LogP contribution is -2.46. The molecule has 1 aromatic carbocycles. The van der Waals surface area contributed by atoms with Crippen molar-refractivity contribution < 1.29 is 13.2 Å². The summed E-state index contributed by atoms with van der Waals surface area (Å²) in [5, 5.41) is 0. The zero-order valence-corrected chi connectivity index (χ0v) is 12.6. The van der Waals surface area contributed by atoms with Crippen LogP contribution in [0.5, 0.6) is 0 Å². The van der Waals surface area contributed by atoms with Crippen molar-refractivity contribution in [2.75, 3.05) is 26.3 Å². The van der Waals surface area contributed by atoms with E-state index in [0.717, 1.165) is 18.4 Å². The van der Waals surface area contributed by atoms with E-state index < -0.39 is 10.0 Å². The van der Waals surface area contributed by atoms with Gasteiger partial charge in [0.2, 0.25) is 10.0 Å². The first-order valence-corrected chi connectivity index (χ1v) is 8.38. The Bertz CT molecular complexity index is 528. The molecule has 112 valence electrons. The van der Waals surface area contributed by atoms with Crippen LogP contribution in [0.4, 0.5) is 0 Å². The smallest absolute Gasteiger partial charge is 0.243 e. The Labute approximate surface area is 120 Å². The second-order valence-electron chi connectivity index (χ2n) is 5.08. The van der Waals surface area contributed by atoms with Crippen LogP contribution in [0.2, 0.25) is 0 Å². The van der Waals surface area contributed by atoms with E-state index in [4.69, 9.17) is 10.5 Å². The third-order valence-corrected chi connectivity index (χ3v) is 5.53. The Morgan fingerprint density at radius 2 is 2.05 bits per heavy atom. The summed E-state index contributed by atoms with van der Waals surface area (Å²) in [5.74, 6) is 0. The van der Waals surface area contributed by atoms with Gasteiger partial charge in [0, 0.05) is 12.6 Å². The molecule has 1 heterocycles. The highest BCUT2D eigenvalue weighted by atomic mass is 32.2. The molecule has 0 radical (unpaired) electrons. The lowest BCUT2D eigenvalue weighted by molar-refractivity contribution is 0.0393. The predicted octanol–water partition coefficient (Wildman–Crippen LogP) is 0.987. The summed E-state index contributed by atoms with van der Waals surface area (Å²) in [4.78, 5) is 0.350. The van der Waals surface area contributed by atoms with E-state index >= 15 is 0 Å². The van der Waals surface area contributed by atoms with Crippen LogP contribution in [-0.2, 0) is 21.2 Å². The molecule has 0 aliphatic carbocycles. The maximum Gasteiger partial charge on any atom is 0.243 e. The van der Waals surface area contributed by atoms with E-state index in [9.17, 15) is 8.42 Å². The average Bonchev–Trinajstić information content (AvgIpc) is 2.46. The Hall–Kier alpha value is -0.950. The molecule has 20 heavy (non-hydrogen) atoms. The van der Waals surface area contributed by atoms with Gasteiger partial charge in [0.1, 0.15) is 0 Å². The molecule has 2 N–H and O–H groups in total. The number of aryl methyl sites for hydroxylation is 1. The SMILES string of the molecule is CC1COCCN1S(=O)(=O)c1ccc(CCCN)cc1. The summed E-state index contributed by atoms with van der Waals surface area (Å²) in [6.45, 7) is 3.84. The number of ether oxygens (including phenoxy) is 1. The topological polar surface area (TPSA) is 72.6 Å². The fourth-order valence-electron chi connectivity index (χ4n) is 2.34. The van der Waals surface area contributed by atoms with Crippen LogP contribution in [0.25, 0.3) is 0 Å². The fraction of sp³-hybridized carbons (Fsp3) is 0.571. The third-order valence-electron chi connectivity index (χ3n) is 3.51. The van der Waals surface area contributed by atoms with Gasteiger partial charge in [-0.3, -0.25) is 0 Å². The van der Waals surface area contributed by atoms with Crippen molar-refractivity contribution in [3.63, 3.8) is 0 Å². The van der Waals surface area contributed by atoms with Crippen LogP contribution >= 0.6 is 0 Å². The molecule has 1 unspecified atom stereocenters. The molecule has 0 aromatic heterocycles. The van der Waals surface area contributed by atoms with E-state index in [-0.39, 0.29) is 6.04 Å². The van der Waals surface area contributed by atoms with Gasteiger partial charge in [0.05, 0.1) is 18.1 Å². The molecule has 1 atom stereocenters. The summed E-state index contributed by atoms with van der Waals surface area (Å²) in [7, 11) is -3.42. The minimum Gasteiger partial charge on any atom is -0.378 e. The minimum absolute atomic E-state index is 0.120. The Morgan fingerprint density at radius 3 is 2.65 bits per heavy atom. The fourth-order valence-corrected chi connectivity index (χ4v) is 3.94. The number of sulfonamides is 1. The number of hydrogen-bond donors (Lipinski definition) is 1. The van der Waals surface area contributed by atoms with E-state index in [2.05, 4.69) is 0 Å². The second kappa shape index (κ2) is 6.67. The largest absolute Gasteiger partial charge is 0.378 e. The van der Waals surface area contributed by atoms with Crippen molar-refractivity contribution in [2.45, 2.75) is 30.7 Å². The molecule has 0 bridgehead atoms. The van der Waals surface area contributed by atoms with Crippen molar-refractivity contribution >= 4 is 10.0 Å². The number of nitrogens with two attached hydrogens (primary N) is 1. The molecule has 1 aliphatic heterocycles. The van der Waals surface area contributed by atoms with Gasteiger partial charge in [-0.2, -0.15) is 4.31 Å². The van der Waals surface area contributed by atoms with E-state index in [1.54, 1.807) is 12.1 Å². The molecule has 1 fully saturated rings. The van der Waals surface area contributed by atoms with Crippen molar-refractivity contribution in [2.24, 2.45) is 5.73 Å². The van der Waals surface area contributed by atoms with Crippen LogP contribution in [0.15, 0.2) is 29.2 Å². The van der Waals surface area contributed by atoms with E-state index in [1.165, 1.54) is 4.31 Å². The van der Waals surface area contributed by atoms with Crippen molar-refractivity contribution in [1.82, 2.24) is 4.31 Å². The lowest BCUT2D eigenvalue weighted by Gasteiger charge is -2.32. The monoisotopic (exact) mass is 298 g/mol. The first kappa shape index (κ1) is 15.4. The molecule has 6 heteroatoms. The number of nitrogens with zero attached hydrogens (tertiary/aromatic N) is 1. The highest BCUT2D eigenvalue weighted by molar-refractivity contribution is 7.89. The normalized spacial score (nSPS) is 21.0. The Balaban J connectivity index is 2.16. The van der Waals surface area contributed by atoms with Crippen molar-refractivity contribution in [3.05, 3.63) is 29.8 Å². The maximum absolute atomic E-state index is 12.6. The summed E-state index contributed by atoms with van der Waals surface area (Å²) in [6, 6.07) is 6.99. The summed E-state index contributed by atoms with van der Waals surface area (Å²) in [5.41, 5.74) is 6.59. The highest BCUT2D eigenvalue weighted by Gasteiger charge is 2.31. The number of morpholine rings is 1. The van der Waals surface area contributed by atoms with Crippen molar-refractivity contribution in [3.8, 4) is 0 Å². The van der Waals surface area contributed by atoms with Crippen LogP contribution in [0, 0.1) is 0 Å². The van der Waals surface area contributed by atoms with Gasteiger partial charge < -0.3 is 10.5 Å². The van der Waals surface area contributed by atoms with Gasteiger partial charge >= 0.3 is 0 Å². The Morgan fingerprint density at radius 1 is 1.35 bits per heavy atom. The average molecular weight is 298 g/mol. The highest BCUT2D eigenvalue weighted by Crippen LogP contribution is 2.21. The number of rotatable bonds is 5. The number of benzene rings is 1. The van der Waals surface area contributed by atoms with Crippen LogP contribution in [0.3, 0.4) is 0 Å². The van der Waals surface area contributed by atoms with E-state index in [0.29, 0.717) is 31.2 Å². The molecule has 2 rings (SSSR count).